The van der Waals surface area contributed by atoms with Crippen molar-refractivity contribution < 1.29 is 24.5 Å². The van der Waals surface area contributed by atoms with Crippen molar-refractivity contribution in [3.63, 3.8) is 0 Å². The first kappa shape index (κ1) is 50.3. The van der Waals surface area contributed by atoms with E-state index < -0.39 is 12.1 Å². The first-order chi connectivity index (χ1) is 25.5. The van der Waals surface area contributed by atoms with E-state index in [0.29, 0.717) is 32.3 Å². The molecule has 0 saturated heterocycles. The molecule has 6 heteroatoms. The third-order valence-corrected chi connectivity index (χ3v) is 10.3. The Balaban J connectivity index is 3.55. The van der Waals surface area contributed by atoms with E-state index in [1.165, 1.54) is 141 Å². The lowest BCUT2D eigenvalue weighted by atomic mass is 10.0. The van der Waals surface area contributed by atoms with Crippen molar-refractivity contribution >= 4 is 11.9 Å². The highest BCUT2D eigenvalue weighted by Crippen LogP contribution is 2.15. The van der Waals surface area contributed by atoms with Crippen LogP contribution in [0.2, 0.25) is 0 Å². The van der Waals surface area contributed by atoms with Gasteiger partial charge in [0.25, 0.3) is 0 Å². The van der Waals surface area contributed by atoms with E-state index in [1.807, 2.05) is 6.08 Å². The normalized spacial score (nSPS) is 12.9. The van der Waals surface area contributed by atoms with Crippen LogP contribution in [-0.2, 0) is 14.3 Å². The largest absolute Gasteiger partial charge is 0.466 e. The average Bonchev–Trinajstić information content (AvgIpc) is 3.14. The minimum atomic E-state index is -0.696. The fourth-order valence-corrected chi connectivity index (χ4v) is 6.75. The predicted molar refractivity (Wildman–Crippen MR) is 223 cm³/mol. The van der Waals surface area contributed by atoms with Gasteiger partial charge < -0.3 is 20.3 Å². The second-order valence-corrected chi connectivity index (χ2v) is 15.4. The standard InChI is InChI=1S/C46H87NO5/c1-3-5-7-9-11-13-15-20-24-28-32-36-40-46(51)52-41-37-33-29-25-21-18-16-17-19-23-27-31-35-39-45(50)47-43(42-48)44(49)38-34-30-26-22-14-12-10-8-6-4-2/h17,19,27,31,43-44,48-49H,3-16,18,20-26,28-30,32-42H2,1-2H3,(H,47,50)/b19-17-,31-27-. The zero-order valence-corrected chi connectivity index (χ0v) is 34.5. The van der Waals surface area contributed by atoms with E-state index in [2.05, 4.69) is 37.4 Å². The third kappa shape index (κ3) is 38.1. The predicted octanol–water partition coefficient (Wildman–Crippen LogP) is 12.8. The number of esters is 1. The highest BCUT2D eigenvalue weighted by molar-refractivity contribution is 5.76. The Bertz CT molecular complexity index is 813. The molecule has 0 heterocycles. The lowest BCUT2D eigenvalue weighted by Crippen LogP contribution is -2.45. The second-order valence-electron chi connectivity index (χ2n) is 15.4. The first-order valence-corrected chi connectivity index (χ1v) is 22.6. The van der Waals surface area contributed by atoms with E-state index in [9.17, 15) is 19.8 Å². The van der Waals surface area contributed by atoms with Gasteiger partial charge in [-0.15, -0.1) is 0 Å². The van der Waals surface area contributed by atoms with Crippen molar-refractivity contribution in [2.75, 3.05) is 13.2 Å². The molecule has 2 unspecified atom stereocenters. The SMILES string of the molecule is CCCCCCCCCCCCCCC(=O)OCCCCCCCC/C=C\C/C=C\CCC(=O)NC(CO)C(O)CCCCCCCCCCCC. The quantitative estimate of drug-likeness (QED) is 0.0330. The number of hydrogen-bond donors (Lipinski definition) is 3. The Morgan fingerprint density at radius 2 is 0.981 bits per heavy atom. The third-order valence-electron chi connectivity index (χ3n) is 10.3. The highest BCUT2D eigenvalue weighted by Gasteiger charge is 2.19. The van der Waals surface area contributed by atoms with Crippen LogP contribution in [0.3, 0.4) is 0 Å². The zero-order chi connectivity index (χ0) is 38.0. The molecule has 1 amide bonds. The molecule has 0 aromatic heterocycles. The van der Waals surface area contributed by atoms with Gasteiger partial charge in [0.05, 0.1) is 25.4 Å². The number of nitrogens with one attached hydrogen (secondary N) is 1. The molecule has 0 aliphatic carbocycles. The molecule has 0 fully saturated rings. The summed E-state index contributed by atoms with van der Waals surface area (Å²) in [5, 5.41) is 23.0. The maximum Gasteiger partial charge on any atom is 0.305 e. The molecule has 0 aliphatic heterocycles. The van der Waals surface area contributed by atoms with Crippen LogP contribution in [-0.4, -0.2) is 47.4 Å². The summed E-state index contributed by atoms with van der Waals surface area (Å²) >= 11 is 0. The Hall–Kier alpha value is -1.66. The minimum absolute atomic E-state index is 0.0173. The Kier molecular flexibility index (Phi) is 40.7. The summed E-state index contributed by atoms with van der Waals surface area (Å²) in [6, 6.07) is -0.582. The van der Waals surface area contributed by atoms with Crippen LogP contribution in [0.25, 0.3) is 0 Å². The number of hydrogen-bond acceptors (Lipinski definition) is 5. The van der Waals surface area contributed by atoms with Gasteiger partial charge in [0, 0.05) is 12.8 Å². The molecule has 2 atom stereocenters. The number of rotatable bonds is 41. The van der Waals surface area contributed by atoms with Gasteiger partial charge in [0.15, 0.2) is 0 Å². The van der Waals surface area contributed by atoms with Crippen molar-refractivity contribution in [1.82, 2.24) is 5.32 Å². The van der Waals surface area contributed by atoms with Gasteiger partial charge in [-0.2, -0.15) is 0 Å². The first-order valence-electron chi connectivity index (χ1n) is 22.6. The smallest absolute Gasteiger partial charge is 0.305 e. The second kappa shape index (κ2) is 42.1. The summed E-state index contributed by atoms with van der Waals surface area (Å²) in [4.78, 5) is 24.3. The molecule has 306 valence electrons. The fraction of sp³-hybridized carbons (Fsp3) is 0.870. The number of aliphatic hydroxyl groups excluding tert-OH is 2. The summed E-state index contributed by atoms with van der Waals surface area (Å²) in [6.07, 6.45) is 47.2. The molecule has 6 nitrogen and oxygen atoms in total. The van der Waals surface area contributed by atoms with Gasteiger partial charge in [0.1, 0.15) is 0 Å². The van der Waals surface area contributed by atoms with Crippen LogP contribution in [0.4, 0.5) is 0 Å². The highest BCUT2D eigenvalue weighted by atomic mass is 16.5. The van der Waals surface area contributed by atoms with Crippen molar-refractivity contribution in [2.24, 2.45) is 0 Å². The molecular formula is C46H87NO5. The lowest BCUT2D eigenvalue weighted by Gasteiger charge is -2.22. The molecule has 52 heavy (non-hydrogen) atoms. The molecule has 0 aromatic rings. The molecule has 0 bridgehead atoms. The molecule has 0 rings (SSSR count). The Labute approximate surface area is 322 Å². The van der Waals surface area contributed by atoms with E-state index in [-0.39, 0.29) is 18.5 Å². The summed E-state index contributed by atoms with van der Waals surface area (Å²) in [5.41, 5.74) is 0. The molecule has 3 N–H and O–H groups in total. The Morgan fingerprint density at radius 3 is 1.50 bits per heavy atom. The number of carbonyl (C=O) groups excluding carboxylic acids is 2. The van der Waals surface area contributed by atoms with Gasteiger partial charge in [-0.25, -0.2) is 0 Å². The molecule has 0 spiro atoms. The number of carbonyl (C=O) groups is 2. The zero-order valence-electron chi connectivity index (χ0n) is 34.5. The van der Waals surface area contributed by atoms with Crippen LogP contribution in [0.5, 0.6) is 0 Å². The maximum absolute atomic E-state index is 12.3. The van der Waals surface area contributed by atoms with E-state index in [4.69, 9.17) is 4.74 Å². The van der Waals surface area contributed by atoms with Crippen LogP contribution in [0.1, 0.15) is 232 Å². The number of allylic oxidation sites excluding steroid dienone is 4. The summed E-state index contributed by atoms with van der Waals surface area (Å²) in [6.45, 7) is 4.86. The average molecular weight is 734 g/mol. The number of unbranched alkanes of at least 4 members (excludes halogenated alkanes) is 26. The van der Waals surface area contributed by atoms with Crippen LogP contribution >= 0.6 is 0 Å². The van der Waals surface area contributed by atoms with E-state index in [0.717, 1.165) is 51.4 Å². The summed E-state index contributed by atoms with van der Waals surface area (Å²) in [7, 11) is 0. The van der Waals surface area contributed by atoms with Crippen molar-refractivity contribution in [2.45, 2.75) is 244 Å². The number of aliphatic hydroxyl groups is 2. The van der Waals surface area contributed by atoms with E-state index >= 15 is 0 Å². The molecule has 0 aliphatic rings. The van der Waals surface area contributed by atoms with Gasteiger partial charge in [-0.1, -0.05) is 199 Å². The monoisotopic (exact) mass is 734 g/mol. The maximum atomic E-state index is 12.3. The van der Waals surface area contributed by atoms with Gasteiger partial charge in [0.2, 0.25) is 5.91 Å². The molecule has 0 radical (unpaired) electrons. The van der Waals surface area contributed by atoms with Crippen LogP contribution in [0, 0.1) is 0 Å². The topological polar surface area (TPSA) is 95.9 Å². The van der Waals surface area contributed by atoms with Gasteiger partial charge in [-0.05, 0) is 44.9 Å². The van der Waals surface area contributed by atoms with Crippen LogP contribution < -0.4 is 5.32 Å². The molecule has 0 saturated carbocycles. The van der Waals surface area contributed by atoms with Gasteiger partial charge in [-0.3, -0.25) is 9.59 Å². The lowest BCUT2D eigenvalue weighted by molar-refractivity contribution is -0.143. The van der Waals surface area contributed by atoms with Gasteiger partial charge >= 0.3 is 5.97 Å². The summed E-state index contributed by atoms with van der Waals surface area (Å²) in [5.74, 6) is -0.135. The van der Waals surface area contributed by atoms with Crippen molar-refractivity contribution in [1.29, 1.82) is 0 Å². The number of amides is 1. The Morgan fingerprint density at radius 1 is 0.538 bits per heavy atom. The van der Waals surface area contributed by atoms with Crippen molar-refractivity contribution in [3.8, 4) is 0 Å². The van der Waals surface area contributed by atoms with Crippen molar-refractivity contribution in [3.05, 3.63) is 24.3 Å². The molecule has 0 aromatic carbocycles. The minimum Gasteiger partial charge on any atom is -0.466 e. The number of ether oxygens (including phenoxy) is 1. The fourth-order valence-electron chi connectivity index (χ4n) is 6.75. The van der Waals surface area contributed by atoms with Crippen LogP contribution in [0.15, 0.2) is 24.3 Å². The molecular weight excluding hydrogens is 647 g/mol. The van der Waals surface area contributed by atoms with E-state index in [1.54, 1.807) is 0 Å². The summed E-state index contributed by atoms with van der Waals surface area (Å²) < 4.78 is 5.43.